The Balaban J connectivity index is 2.17. The van der Waals surface area contributed by atoms with E-state index in [-0.39, 0.29) is 0 Å². The van der Waals surface area contributed by atoms with Crippen LogP contribution in [0.2, 0.25) is 0 Å². The van der Waals surface area contributed by atoms with Crippen LogP contribution in [0.4, 0.5) is 5.82 Å². The van der Waals surface area contributed by atoms with Crippen molar-refractivity contribution in [2.75, 3.05) is 25.0 Å². The van der Waals surface area contributed by atoms with Gasteiger partial charge < -0.3 is 10.2 Å². The zero-order valence-corrected chi connectivity index (χ0v) is 8.77. The molecule has 0 spiro atoms. The van der Waals surface area contributed by atoms with Crippen LogP contribution in [0.1, 0.15) is 12.0 Å². The van der Waals surface area contributed by atoms with Crippen molar-refractivity contribution in [2.45, 2.75) is 12.5 Å². The highest BCUT2D eigenvalue weighted by Crippen LogP contribution is 2.16. The van der Waals surface area contributed by atoms with Crippen LogP contribution in [0.15, 0.2) is 18.3 Å². The van der Waals surface area contributed by atoms with E-state index in [1.54, 1.807) is 12.3 Å². The Kier molecular flexibility index (Phi) is 2.84. The van der Waals surface area contributed by atoms with Gasteiger partial charge in [0.1, 0.15) is 5.82 Å². The quantitative estimate of drug-likeness (QED) is 0.769. The Morgan fingerprint density at radius 2 is 2.53 bits per heavy atom. The molecule has 1 N–H and O–H groups in total. The van der Waals surface area contributed by atoms with Gasteiger partial charge in [-0.1, -0.05) is 0 Å². The van der Waals surface area contributed by atoms with Crippen molar-refractivity contribution in [1.82, 2.24) is 10.3 Å². The second-order valence-corrected chi connectivity index (χ2v) is 3.77. The molecule has 1 aromatic heterocycles. The maximum absolute atomic E-state index is 8.80. The summed E-state index contributed by atoms with van der Waals surface area (Å²) in [4.78, 5) is 6.42. The average molecular weight is 202 g/mol. The summed E-state index contributed by atoms with van der Waals surface area (Å²) in [6.45, 7) is 2.06. The topological polar surface area (TPSA) is 52.0 Å². The molecule has 15 heavy (non-hydrogen) atoms. The van der Waals surface area contributed by atoms with E-state index in [4.69, 9.17) is 5.26 Å². The number of aromatic nitrogens is 1. The predicted octanol–water partition coefficient (Wildman–Crippen LogP) is 0.751. The second-order valence-electron chi connectivity index (χ2n) is 3.77. The lowest BCUT2D eigenvalue weighted by atomic mass is 10.2. The summed E-state index contributed by atoms with van der Waals surface area (Å²) in [7, 11) is 2.03. The van der Waals surface area contributed by atoms with Gasteiger partial charge >= 0.3 is 0 Å². The zero-order chi connectivity index (χ0) is 10.7. The van der Waals surface area contributed by atoms with Crippen molar-refractivity contribution in [2.24, 2.45) is 0 Å². The second kappa shape index (κ2) is 4.28. The summed E-state index contributed by atoms with van der Waals surface area (Å²) >= 11 is 0. The summed E-state index contributed by atoms with van der Waals surface area (Å²) in [5.41, 5.74) is 0.665. The van der Waals surface area contributed by atoms with E-state index in [1.807, 2.05) is 13.1 Å². The molecule has 4 heteroatoms. The number of likely N-dealkylation sites (N-methyl/N-ethyl adjacent to an activating group) is 1. The summed E-state index contributed by atoms with van der Waals surface area (Å²) < 4.78 is 0. The van der Waals surface area contributed by atoms with E-state index in [0.717, 1.165) is 25.3 Å². The summed E-state index contributed by atoms with van der Waals surface area (Å²) in [5, 5.41) is 12.1. The fraction of sp³-hybridized carbons (Fsp3) is 0.455. The van der Waals surface area contributed by atoms with Crippen molar-refractivity contribution in [3.05, 3.63) is 23.9 Å². The van der Waals surface area contributed by atoms with Crippen LogP contribution in [-0.4, -0.2) is 31.2 Å². The molecule has 1 saturated heterocycles. The largest absolute Gasteiger partial charge is 0.355 e. The van der Waals surface area contributed by atoms with Gasteiger partial charge in [-0.2, -0.15) is 5.26 Å². The molecule has 0 amide bonds. The number of hydrogen-bond acceptors (Lipinski definition) is 4. The summed E-state index contributed by atoms with van der Waals surface area (Å²) in [6, 6.07) is 6.18. The fourth-order valence-electron chi connectivity index (χ4n) is 1.84. The number of rotatable bonds is 2. The lowest BCUT2D eigenvalue weighted by Crippen LogP contribution is -2.33. The Labute approximate surface area is 89.5 Å². The third-order valence-corrected chi connectivity index (χ3v) is 2.82. The molecule has 0 unspecified atom stereocenters. The first-order valence-corrected chi connectivity index (χ1v) is 5.11. The third-order valence-electron chi connectivity index (χ3n) is 2.82. The van der Waals surface area contributed by atoms with Crippen LogP contribution < -0.4 is 10.2 Å². The number of nitrogens with zero attached hydrogens (tertiary/aromatic N) is 3. The Bertz CT molecular complexity index is 376. The smallest absolute Gasteiger partial charge is 0.129 e. The predicted molar refractivity (Wildman–Crippen MR) is 58.6 cm³/mol. The molecule has 2 rings (SSSR count). The molecule has 1 fully saturated rings. The first-order chi connectivity index (χ1) is 7.31. The standard InChI is InChI=1S/C11H14N4/c1-15(10-3-4-13-8-10)11-6-9(7-12)2-5-14-11/h2,5-6,10,13H,3-4,8H2,1H3/t10-/m1/s1. The number of anilines is 1. The van der Waals surface area contributed by atoms with Crippen molar-refractivity contribution in [3.8, 4) is 6.07 Å². The Morgan fingerprint density at radius 1 is 1.67 bits per heavy atom. The minimum absolute atomic E-state index is 0.492. The molecule has 0 radical (unpaired) electrons. The van der Waals surface area contributed by atoms with Gasteiger partial charge in [-0.25, -0.2) is 4.98 Å². The molecule has 1 atom stereocenters. The first kappa shape index (κ1) is 9.94. The Morgan fingerprint density at radius 3 is 3.20 bits per heavy atom. The van der Waals surface area contributed by atoms with Gasteiger partial charge in [0.05, 0.1) is 11.6 Å². The molecule has 0 aliphatic carbocycles. The fourth-order valence-corrected chi connectivity index (χ4v) is 1.84. The van der Waals surface area contributed by atoms with Gasteiger partial charge in [-0.05, 0) is 25.1 Å². The van der Waals surface area contributed by atoms with Crippen LogP contribution in [0.25, 0.3) is 0 Å². The molecular weight excluding hydrogens is 188 g/mol. The van der Waals surface area contributed by atoms with Gasteiger partial charge in [0.25, 0.3) is 0 Å². The molecule has 2 heterocycles. The highest BCUT2D eigenvalue weighted by Gasteiger charge is 2.20. The molecule has 0 bridgehead atoms. The average Bonchev–Trinajstić information content (AvgIpc) is 2.81. The molecule has 78 valence electrons. The van der Waals surface area contributed by atoms with Gasteiger partial charge in [0, 0.05) is 25.8 Å². The van der Waals surface area contributed by atoms with E-state index in [9.17, 15) is 0 Å². The monoisotopic (exact) mass is 202 g/mol. The summed E-state index contributed by atoms with van der Waals surface area (Å²) in [5.74, 6) is 0.878. The maximum atomic E-state index is 8.80. The van der Waals surface area contributed by atoms with Crippen molar-refractivity contribution in [1.29, 1.82) is 5.26 Å². The molecule has 0 saturated carbocycles. The zero-order valence-electron chi connectivity index (χ0n) is 8.77. The number of pyridine rings is 1. The minimum atomic E-state index is 0.492. The molecule has 1 aromatic rings. The van der Waals surface area contributed by atoms with E-state index in [2.05, 4.69) is 21.3 Å². The van der Waals surface area contributed by atoms with Crippen LogP contribution in [-0.2, 0) is 0 Å². The van der Waals surface area contributed by atoms with Crippen LogP contribution in [0, 0.1) is 11.3 Å². The van der Waals surface area contributed by atoms with E-state index in [1.165, 1.54) is 0 Å². The molecule has 4 nitrogen and oxygen atoms in total. The Hall–Kier alpha value is -1.60. The van der Waals surface area contributed by atoms with Gasteiger partial charge in [0.15, 0.2) is 0 Å². The minimum Gasteiger partial charge on any atom is -0.355 e. The van der Waals surface area contributed by atoms with E-state index >= 15 is 0 Å². The van der Waals surface area contributed by atoms with Crippen LogP contribution >= 0.6 is 0 Å². The van der Waals surface area contributed by atoms with E-state index in [0.29, 0.717) is 11.6 Å². The molecule has 1 aliphatic rings. The van der Waals surface area contributed by atoms with Gasteiger partial charge in [0.2, 0.25) is 0 Å². The number of nitrogens with one attached hydrogen (secondary N) is 1. The molecule has 1 aliphatic heterocycles. The van der Waals surface area contributed by atoms with Gasteiger partial charge in [-0.15, -0.1) is 0 Å². The normalized spacial score (nSPS) is 19.9. The molecule has 0 aromatic carbocycles. The highest BCUT2D eigenvalue weighted by atomic mass is 15.2. The SMILES string of the molecule is CN(c1cc(C#N)ccn1)[C@@H]1CCNC1. The van der Waals surface area contributed by atoms with Crippen molar-refractivity contribution in [3.63, 3.8) is 0 Å². The van der Waals surface area contributed by atoms with Crippen LogP contribution in [0.5, 0.6) is 0 Å². The number of nitriles is 1. The first-order valence-electron chi connectivity index (χ1n) is 5.11. The lowest BCUT2D eigenvalue weighted by Gasteiger charge is -2.24. The molecular formula is C11H14N4. The van der Waals surface area contributed by atoms with Crippen LogP contribution in [0.3, 0.4) is 0 Å². The number of hydrogen-bond donors (Lipinski definition) is 1. The van der Waals surface area contributed by atoms with Gasteiger partial charge in [-0.3, -0.25) is 0 Å². The maximum Gasteiger partial charge on any atom is 0.129 e. The highest BCUT2D eigenvalue weighted by molar-refractivity contribution is 5.45. The van der Waals surface area contributed by atoms with Crippen molar-refractivity contribution >= 4 is 5.82 Å². The van der Waals surface area contributed by atoms with Crippen molar-refractivity contribution < 1.29 is 0 Å². The lowest BCUT2D eigenvalue weighted by molar-refractivity contribution is 0.678. The third kappa shape index (κ3) is 2.08. The summed E-state index contributed by atoms with van der Waals surface area (Å²) in [6.07, 6.45) is 2.82. The van der Waals surface area contributed by atoms with E-state index < -0.39 is 0 Å².